The molecule has 1 aliphatic heterocycles. The maximum absolute atomic E-state index is 12.4. The van der Waals surface area contributed by atoms with Gasteiger partial charge in [-0.2, -0.15) is 17.0 Å². The number of hydrogen-bond donors (Lipinski definition) is 2. The number of carboxylic acids is 1. The number of aliphatic hydroxyl groups is 1. The Labute approximate surface area is 114 Å². The lowest BCUT2D eigenvalue weighted by molar-refractivity contribution is -0.142. The number of aliphatic carboxylic acids is 1. The van der Waals surface area contributed by atoms with Crippen molar-refractivity contribution in [3.8, 4) is 0 Å². The topological polar surface area (TPSA) is 98.2 Å². The maximum atomic E-state index is 12.4. The van der Waals surface area contributed by atoms with E-state index in [0.29, 0.717) is 19.4 Å². The van der Waals surface area contributed by atoms with Crippen LogP contribution in [0.15, 0.2) is 0 Å². The summed E-state index contributed by atoms with van der Waals surface area (Å²) in [6, 6.07) is 0. The first-order valence-electron chi connectivity index (χ1n) is 6.20. The van der Waals surface area contributed by atoms with Gasteiger partial charge in [0.2, 0.25) is 0 Å². The minimum Gasteiger partial charge on any atom is -0.481 e. The third-order valence-electron chi connectivity index (χ3n) is 3.65. The maximum Gasteiger partial charge on any atom is 0.307 e. The molecule has 0 aromatic carbocycles. The number of carbonyl (C=O) groups is 1. The van der Waals surface area contributed by atoms with Gasteiger partial charge < -0.3 is 10.2 Å². The van der Waals surface area contributed by atoms with E-state index in [4.69, 9.17) is 5.11 Å². The van der Waals surface area contributed by atoms with Gasteiger partial charge in [-0.25, -0.2) is 0 Å². The van der Waals surface area contributed by atoms with Crippen molar-refractivity contribution >= 4 is 16.2 Å². The number of nitrogens with zero attached hydrogens (tertiary/aromatic N) is 2. The smallest absolute Gasteiger partial charge is 0.307 e. The summed E-state index contributed by atoms with van der Waals surface area (Å²) in [5.74, 6) is -1.63. The van der Waals surface area contributed by atoms with Gasteiger partial charge in [-0.05, 0) is 26.7 Å². The molecule has 1 fully saturated rings. The average Bonchev–Trinajstić information content (AvgIpc) is 2.37. The Kier molecular flexibility index (Phi) is 4.94. The van der Waals surface area contributed by atoms with Crippen LogP contribution in [0.25, 0.3) is 0 Å². The third kappa shape index (κ3) is 3.44. The third-order valence-corrected chi connectivity index (χ3v) is 5.82. The van der Waals surface area contributed by atoms with Crippen molar-refractivity contribution in [1.29, 1.82) is 0 Å². The first-order valence-corrected chi connectivity index (χ1v) is 7.60. The van der Waals surface area contributed by atoms with E-state index in [1.807, 2.05) is 0 Å². The zero-order valence-corrected chi connectivity index (χ0v) is 12.4. The van der Waals surface area contributed by atoms with Gasteiger partial charge in [0.25, 0.3) is 10.2 Å². The lowest BCUT2D eigenvalue weighted by Crippen LogP contribution is -2.55. The highest BCUT2D eigenvalue weighted by atomic mass is 32.2. The molecule has 1 heterocycles. The van der Waals surface area contributed by atoms with Crippen LogP contribution in [-0.4, -0.2) is 65.5 Å². The van der Waals surface area contributed by atoms with Crippen LogP contribution in [0.3, 0.4) is 0 Å². The molecule has 0 radical (unpaired) electrons. The Morgan fingerprint density at radius 2 is 2.05 bits per heavy atom. The first kappa shape index (κ1) is 16.4. The van der Waals surface area contributed by atoms with Crippen LogP contribution in [0.2, 0.25) is 0 Å². The second-order valence-corrected chi connectivity index (χ2v) is 7.44. The molecule has 112 valence electrons. The SMILES string of the molecule is CN(C(C)(C)CO)S(=O)(=O)N1CCCC(C(=O)O)C1. The molecule has 0 spiro atoms. The molecule has 0 saturated carbocycles. The molecule has 0 bridgehead atoms. The van der Waals surface area contributed by atoms with Gasteiger partial charge >= 0.3 is 5.97 Å². The van der Waals surface area contributed by atoms with Crippen molar-refractivity contribution in [3.63, 3.8) is 0 Å². The van der Waals surface area contributed by atoms with Crippen LogP contribution in [0.5, 0.6) is 0 Å². The fourth-order valence-electron chi connectivity index (χ4n) is 1.94. The average molecular weight is 294 g/mol. The standard InChI is InChI=1S/C11H22N2O5S/c1-11(2,8-14)12(3)19(17,18)13-6-4-5-9(7-13)10(15)16/h9,14H,4-8H2,1-3H3,(H,15,16). The quantitative estimate of drug-likeness (QED) is 0.727. The fourth-order valence-corrected chi connectivity index (χ4v) is 3.70. The summed E-state index contributed by atoms with van der Waals surface area (Å²) in [4.78, 5) is 11.0. The summed E-state index contributed by atoms with van der Waals surface area (Å²) < 4.78 is 27.1. The highest BCUT2D eigenvalue weighted by molar-refractivity contribution is 7.86. The van der Waals surface area contributed by atoms with E-state index in [9.17, 15) is 18.3 Å². The molecule has 1 unspecified atom stereocenters. The summed E-state index contributed by atoms with van der Waals surface area (Å²) in [6.07, 6.45) is 1.03. The van der Waals surface area contributed by atoms with Gasteiger partial charge in [0, 0.05) is 20.1 Å². The Hall–Kier alpha value is -0.700. The lowest BCUT2D eigenvalue weighted by Gasteiger charge is -2.38. The van der Waals surface area contributed by atoms with Crippen molar-refractivity contribution in [1.82, 2.24) is 8.61 Å². The molecule has 1 atom stereocenters. The molecule has 8 heteroatoms. The molecule has 7 nitrogen and oxygen atoms in total. The summed E-state index contributed by atoms with van der Waals surface area (Å²) in [5.41, 5.74) is -0.922. The Morgan fingerprint density at radius 1 is 1.47 bits per heavy atom. The zero-order valence-electron chi connectivity index (χ0n) is 11.5. The molecule has 19 heavy (non-hydrogen) atoms. The monoisotopic (exact) mass is 294 g/mol. The highest BCUT2D eigenvalue weighted by Gasteiger charge is 2.39. The number of aliphatic hydroxyl groups excluding tert-OH is 1. The van der Waals surface area contributed by atoms with Crippen LogP contribution in [0.1, 0.15) is 26.7 Å². The Bertz CT molecular complexity index is 434. The van der Waals surface area contributed by atoms with Gasteiger partial charge in [0.05, 0.1) is 18.1 Å². The number of rotatable bonds is 5. The van der Waals surface area contributed by atoms with Crippen molar-refractivity contribution in [2.75, 3.05) is 26.7 Å². The van der Waals surface area contributed by atoms with Crippen LogP contribution in [-0.2, 0) is 15.0 Å². The Balaban J connectivity index is 2.91. The molecular formula is C11H22N2O5S. The lowest BCUT2D eigenvalue weighted by atomic mass is 10.0. The highest BCUT2D eigenvalue weighted by Crippen LogP contribution is 2.24. The van der Waals surface area contributed by atoms with Gasteiger partial charge in [-0.3, -0.25) is 4.79 Å². The predicted molar refractivity (Wildman–Crippen MR) is 69.8 cm³/mol. The van der Waals surface area contributed by atoms with Crippen LogP contribution >= 0.6 is 0 Å². The summed E-state index contributed by atoms with van der Waals surface area (Å²) in [5, 5.41) is 18.2. The van der Waals surface area contributed by atoms with Crippen molar-refractivity contribution in [2.45, 2.75) is 32.2 Å². The Morgan fingerprint density at radius 3 is 2.53 bits per heavy atom. The number of hydrogen-bond acceptors (Lipinski definition) is 4. The van der Waals surface area contributed by atoms with Gasteiger partial charge in [0.15, 0.2) is 0 Å². The summed E-state index contributed by atoms with van der Waals surface area (Å²) in [7, 11) is -2.36. The van der Waals surface area contributed by atoms with E-state index < -0.39 is 27.6 Å². The molecule has 0 amide bonds. The molecule has 1 saturated heterocycles. The zero-order chi connectivity index (χ0) is 14.8. The molecule has 1 aliphatic rings. The van der Waals surface area contributed by atoms with Gasteiger partial charge in [-0.15, -0.1) is 0 Å². The number of carboxylic acid groups (broad SMARTS) is 1. The van der Waals surface area contributed by atoms with Crippen molar-refractivity contribution < 1.29 is 23.4 Å². The minimum absolute atomic E-state index is 0.0104. The molecule has 2 N–H and O–H groups in total. The second kappa shape index (κ2) is 5.74. The molecule has 0 aromatic rings. The van der Waals surface area contributed by atoms with Crippen LogP contribution in [0.4, 0.5) is 0 Å². The summed E-state index contributed by atoms with van der Waals surface area (Å²) in [6.45, 7) is 3.23. The second-order valence-electron chi connectivity index (χ2n) is 5.48. The molecular weight excluding hydrogens is 272 g/mol. The fraction of sp³-hybridized carbons (Fsp3) is 0.909. The van der Waals surface area contributed by atoms with Gasteiger partial charge in [-0.1, -0.05) is 0 Å². The normalized spacial score (nSPS) is 22.7. The van der Waals surface area contributed by atoms with Crippen molar-refractivity contribution in [2.24, 2.45) is 5.92 Å². The van der Waals surface area contributed by atoms with E-state index >= 15 is 0 Å². The predicted octanol–water partition coefficient (Wildman–Crippen LogP) is -0.269. The first-order chi connectivity index (χ1) is 8.63. The van der Waals surface area contributed by atoms with Crippen LogP contribution < -0.4 is 0 Å². The van der Waals surface area contributed by atoms with E-state index in [0.717, 1.165) is 4.31 Å². The summed E-state index contributed by atoms with van der Waals surface area (Å²) >= 11 is 0. The minimum atomic E-state index is -3.75. The van der Waals surface area contributed by atoms with E-state index in [2.05, 4.69) is 0 Å². The number of likely N-dealkylation sites (N-methyl/N-ethyl adjacent to an activating group) is 1. The molecule has 0 aromatic heterocycles. The van der Waals surface area contributed by atoms with Crippen LogP contribution in [0, 0.1) is 5.92 Å². The largest absolute Gasteiger partial charge is 0.481 e. The molecule has 0 aliphatic carbocycles. The molecule has 1 rings (SSSR count). The van der Waals surface area contributed by atoms with E-state index in [1.54, 1.807) is 13.8 Å². The van der Waals surface area contributed by atoms with E-state index in [1.165, 1.54) is 11.4 Å². The van der Waals surface area contributed by atoms with E-state index in [-0.39, 0.29) is 13.2 Å². The van der Waals surface area contributed by atoms with Crippen molar-refractivity contribution in [3.05, 3.63) is 0 Å². The van der Waals surface area contributed by atoms with Gasteiger partial charge in [0.1, 0.15) is 0 Å². The number of piperidine rings is 1.